The van der Waals surface area contributed by atoms with Gasteiger partial charge in [0.1, 0.15) is 12.1 Å². The van der Waals surface area contributed by atoms with Crippen LogP contribution in [0.15, 0.2) is 12.4 Å². The molecule has 4 heteroatoms. The Morgan fingerprint density at radius 1 is 1.53 bits per heavy atom. The normalized spacial score (nSPS) is 20.9. The van der Waals surface area contributed by atoms with E-state index in [4.69, 9.17) is 0 Å². The van der Waals surface area contributed by atoms with Gasteiger partial charge in [-0.3, -0.25) is 0 Å². The molecule has 1 unspecified atom stereocenters. The molecular weight excluding hydrogens is 190 g/mol. The Kier molecular flexibility index (Phi) is 3.16. The summed E-state index contributed by atoms with van der Waals surface area (Å²) < 4.78 is 0. The number of aliphatic hydroxyl groups is 1. The molecular formula is C11H17N3O. The van der Waals surface area contributed by atoms with Crippen LogP contribution in [0, 0.1) is 0 Å². The molecule has 0 aromatic carbocycles. The number of aliphatic hydroxyl groups excluding tert-OH is 1. The van der Waals surface area contributed by atoms with Gasteiger partial charge >= 0.3 is 0 Å². The van der Waals surface area contributed by atoms with Crippen LogP contribution in [0.3, 0.4) is 0 Å². The van der Waals surface area contributed by atoms with E-state index in [1.54, 1.807) is 6.33 Å². The minimum absolute atomic E-state index is 0.199. The van der Waals surface area contributed by atoms with E-state index in [9.17, 15) is 5.11 Å². The SMILES string of the molecule is CCCc1cc(N2CCC(O)C2)ncn1. The smallest absolute Gasteiger partial charge is 0.132 e. The predicted octanol–water partition coefficient (Wildman–Crippen LogP) is 1.00. The summed E-state index contributed by atoms with van der Waals surface area (Å²) in [7, 11) is 0. The molecule has 82 valence electrons. The predicted molar refractivity (Wildman–Crippen MR) is 58.9 cm³/mol. The maximum absolute atomic E-state index is 9.45. The number of rotatable bonds is 3. The highest BCUT2D eigenvalue weighted by molar-refractivity contribution is 5.40. The molecule has 0 aliphatic carbocycles. The molecule has 0 radical (unpaired) electrons. The first kappa shape index (κ1) is 10.4. The number of β-amino-alcohol motifs (C(OH)–C–C–N with tert-alkyl or cyclic N) is 1. The third-order valence-electron chi connectivity index (χ3n) is 2.70. The van der Waals surface area contributed by atoms with Crippen LogP contribution in [0.2, 0.25) is 0 Å². The highest BCUT2D eigenvalue weighted by Crippen LogP contribution is 2.18. The van der Waals surface area contributed by atoms with Crippen LogP contribution >= 0.6 is 0 Å². The van der Waals surface area contributed by atoms with Crippen LogP contribution in [-0.4, -0.2) is 34.3 Å². The average molecular weight is 207 g/mol. The Labute approximate surface area is 90.0 Å². The van der Waals surface area contributed by atoms with E-state index in [2.05, 4.69) is 21.8 Å². The van der Waals surface area contributed by atoms with Gasteiger partial charge in [-0.05, 0) is 12.8 Å². The van der Waals surface area contributed by atoms with E-state index in [0.717, 1.165) is 37.3 Å². The molecule has 4 nitrogen and oxygen atoms in total. The lowest BCUT2D eigenvalue weighted by atomic mass is 10.2. The van der Waals surface area contributed by atoms with Crippen LogP contribution in [-0.2, 0) is 6.42 Å². The maximum Gasteiger partial charge on any atom is 0.132 e. The summed E-state index contributed by atoms with van der Waals surface area (Å²) in [5.74, 6) is 0.949. The van der Waals surface area contributed by atoms with Gasteiger partial charge in [-0.15, -0.1) is 0 Å². The lowest BCUT2D eigenvalue weighted by Crippen LogP contribution is -2.22. The number of hydrogen-bond donors (Lipinski definition) is 1. The van der Waals surface area contributed by atoms with Crippen LogP contribution in [0.25, 0.3) is 0 Å². The molecule has 1 aromatic rings. The zero-order valence-corrected chi connectivity index (χ0v) is 9.06. The van der Waals surface area contributed by atoms with E-state index < -0.39 is 0 Å². The number of anilines is 1. The van der Waals surface area contributed by atoms with E-state index in [-0.39, 0.29) is 6.10 Å². The standard InChI is InChI=1S/C11H17N3O/c1-2-3-9-6-11(13-8-12-9)14-5-4-10(15)7-14/h6,8,10,15H,2-5,7H2,1H3. The van der Waals surface area contributed by atoms with Gasteiger partial charge in [0.2, 0.25) is 0 Å². The zero-order chi connectivity index (χ0) is 10.7. The zero-order valence-electron chi connectivity index (χ0n) is 9.06. The van der Waals surface area contributed by atoms with Crippen LogP contribution in [0.4, 0.5) is 5.82 Å². The lowest BCUT2D eigenvalue weighted by molar-refractivity contribution is 0.198. The Balaban J connectivity index is 2.10. The van der Waals surface area contributed by atoms with Crippen molar-refractivity contribution in [3.8, 4) is 0 Å². The Morgan fingerprint density at radius 2 is 2.40 bits per heavy atom. The van der Waals surface area contributed by atoms with Gasteiger partial charge in [0.05, 0.1) is 6.10 Å². The monoisotopic (exact) mass is 207 g/mol. The van der Waals surface area contributed by atoms with Crippen molar-refractivity contribution in [1.82, 2.24) is 9.97 Å². The van der Waals surface area contributed by atoms with E-state index in [1.165, 1.54) is 0 Å². The van der Waals surface area contributed by atoms with Crippen molar-refractivity contribution >= 4 is 5.82 Å². The number of aryl methyl sites for hydroxylation is 1. The van der Waals surface area contributed by atoms with Crippen molar-refractivity contribution < 1.29 is 5.11 Å². The van der Waals surface area contributed by atoms with E-state index in [0.29, 0.717) is 6.54 Å². The second-order valence-corrected chi connectivity index (χ2v) is 4.01. The molecule has 0 bridgehead atoms. The van der Waals surface area contributed by atoms with Gasteiger partial charge in [-0.25, -0.2) is 9.97 Å². The van der Waals surface area contributed by atoms with Crippen LogP contribution < -0.4 is 4.90 Å². The van der Waals surface area contributed by atoms with Gasteiger partial charge in [-0.1, -0.05) is 13.3 Å². The maximum atomic E-state index is 9.45. The van der Waals surface area contributed by atoms with Crippen LogP contribution in [0.1, 0.15) is 25.5 Å². The number of nitrogens with zero attached hydrogens (tertiary/aromatic N) is 3. The molecule has 0 saturated carbocycles. The summed E-state index contributed by atoms with van der Waals surface area (Å²) in [5, 5.41) is 9.45. The van der Waals surface area contributed by atoms with Gasteiger partial charge in [-0.2, -0.15) is 0 Å². The Hall–Kier alpha value is -1.16. The van der Waals surface area contributed by atoms with Crippen molar-refractivity contribution in [3.63, 3.8) is 0 Å². The number of aromatic nitrogens is 2. The summed E-state index contributed by atoms with van der Waals surface area (Å²) in [5.41, 5.74) is 1.09. The summed E-state index contributed by atoms with van der Waals surface area (Å²) >= 11 is 0. The summed E-state index contributed by atoms with van der Waals surface area (Å²) in [6.07, 6.45) is 4.35. The molecule has 2 heterocycles. The fourth-order valence-electron chi connectivity index (χ4n) is 1.90. The molecule has 1 saturated heterocycles. The average Bonchev–Trinajstić information content (AvgIpc) is 2.66. The fourth-order valence-corrected chi connectivity index (χ4v) is 1.90. The molecule has 0 amide bonds. The van der Waals surface area contributed by atoms with Gasteiger partial charge in [0.15, 0.2) is 0 Å². The highest BCUT2D eigenvalue weighted by Gasteiger charge is 2.21. The number of hydrogen-bond acceptors (Lipinski definition) is 4. The van der Waals surface area contributed by atoms with Crippen molar-refractivity contribution in [2.75, 3.05) is 18.0 Å². The third kappa shape index (κ3) is 2.45. The minimum Gasteiger partial charge on any atom is -0.391 e. The third-order valence-corrected chi connectivity index (χ3v) is 2.70. The van der Waals surface area contributed by atoms with E-state index in [1.807, 2.05) is 6.07 Å². The van der Waals surface area contributed by atoms with Crippen LogP contribution in [0.5, 0.6) is 0 Å². The topological polar surface area (TPSA) is 49.2 Å². The minimum atomic E-state index is -0.199. The molecule has 1 aliphatic rings. The largest absolute Gasteiger partial charge is 0.391 e. The summed E-state index contributed by atoms with van der Waals surface area (Å²) in [6.45, 7) is 3.73. The van der Waals surface area contributed by atoms with Crippen molar-refractivity contribution in [3.05, 3.63) is 18.1 Å². The van der Waals surface area contributed by atoms with E-state index >= 15 is 0 Å². The van der Waals surface area contributed by atoms with Crippen molar-refractivity contribution in [2.24, 2.45) is 0 Å². The molecule has 1 aliphatic heterocycles. The molecule has 1 atom stereocenters. The van der Waals surface area contributed by atoms with Gasteiger partial charge in [0.25, 0.3) is 0 Å². The Bertz CT molecular complexity index is 329. The second-order valence-electron chi connectivity index (χ2n) is 4.01. The van der Waals surface area contributed by atoms with Crippen molar-refractivity contribution in [2.45, 2.75) is 32.3 Å². The lowest BCUT2D eigenvalue weighted by Gasteiger charge is -2.16. The first-order valence-corrected chi connectivity index (χ1v) is 5.53. The quantitative estimate of drug-likeness (QED) is 0.803. The molecule has 1 aromatic heterocycles. The second kappa shape index (κ2) is 4.57. The van der Waals surface area contributed by atoms with Gasteiger partial charge in [0, 0.05) is 24.8 Å². The van der Waals surface area contributed by atoms with Gasteiger partial charge < -0.3 is 10.0 Å². The molecule has 1 fully saturated rings. The Morgan fingerprint density at radius 3 is 3.07 bits per heavy atom. The van der Waals surface area contributed by atoms with Crippen molar-refractivity contribution in [1.29, 1.82) is 0 Å². The molecule has 1 N–H and O–H groups in total. The summed E-state index contributed by atoms with van der Waals surface area (Å²) in [4.78, 5) is 10.6. The molecule has 0 spiro atoms. The summed E-state index contributed by atoms with van der Waals surface area (Å²) in [6, 6.07) is 2.03. The first-order chi connectivity index (χ1) is 7.29. The molecule has 15 heavy (non-hydrogen) atoms. The highest BCUT2D eigenvalue weighted by atomic mass is 16.3. The first-order valence-electron chi connectivity index (χ1n) is 5.53. The fraction of sp³-hybridized carbons (Fsp3) is 0.636. The molecule has 2 rings (SSSR count).